The van der Waals surface area contributed by atoms with Gasteiger partial charge in [-0.15, -0.1) is 0 Å². The summed E-state index contributed by atoms with van der Waals surface area (Å²) < 4.78 is 5.75. The molecule has 3 aromatic rings. The average molecular weight is 502 g/mol. The second kappa shape index (κ2) is 10.6. The van der Waals surface area contributed by atoms with Crippen LogP contribution < -0.4 is 14.8 Å². The van der Waals surface area contributed by atoms with Gasteiger partial charge in [0.2, 0.25) is 5.78 Å². The molecule has 0 saturated carbocycles. The topological polar surface area (TPSA) is 127 Å². The van der Waals surface area contributed by atoms with Crippen molar-refractivity contribution in [1.29, 1.82) is 0 Å². The zero-order valence-corrected chi connectivity index (χ0v) is 20.8. The van der Waals surface area contributed by atoms with Crippen LogP contribution in [0.25, 0.3) is 5.76 Å². The number of aryl methyl sites for hydroxylation is 1. The number of aromatic nitrogens is 1. The highest BCUT2D eigenvalue weighted by Gasteiger charge is 2.44. The summed E-state index contributed by atoms with van der Waals surface area (Å²) in [6.07, 6.45) is 3.41. The van der Waals surface area contributed by atoms with Gasteiger partial charge in [0.25, 0.3) is 11.6 Å². The number of carbonyl (C=O) groups is 2. The van der Waals surface area contributed by atoms with Crippen LogP contribution in [0.1, 0.15) is 42.1 Å². The Bertz CT molecular complexity index is 1370. The van der Waals surface area contributed by atoms with Crippen LogP contribution in [0.3, 0.4) is 0 Å². The van der Waals surface area contributed by atoms with Crippen molar-refractivity contribution in [3.8, 4) is 5.75 Å². The summed E-state index contributed by atoms with van der Waals surface area (Å²) in [7, 11) is 0. The van der Waals surface area contributed by atoms with Crippen LogP contribution in [-0.4, -0.2) is 28.1 Å². The second-order valence-electron chi connectivity index (χ2n) is 9.35. The number of ether oxygens (including phenoxy) is 1. The first-order valence-electron chi connectivity index (χ1n) is 11.9. The smallest absolute Gasteiger partial charge is 0.295 e. The number of H-pyrrole nitrogens is 1. The number of nitro groups is 1. The van der Waals surface area contributed by atoms with Crippen molar-refractivity contribution in [3.63, 3.8) is 0 Å². The molecule has 2 heterocycles. The molecule has 1 saturated heterocycles. The van der Waals surface area contributed by atoms with Crippen LogP contribution >= 0.6 is 0 Å². The summed E-state index contributed by atoms with van der Waals surface area (Å²) >= 11 is 0. The molecule has 1 aliphatic rings. The number of benzene rings is 2. The molecule has 1 atom stereocenters. The highest BCUT2D eigenvalue weighted by molar-refractivity contribution is 6.46. The number of hydrogen-bond donors (Lipinski definition) is 0. The summed E-state index contributed by atoms with van der Waals surface area (Å²) in [4.78, 5) is 41.3. The average Bonchev–Trinajstić information content (AvgIpc) is 3.12. The van der Waals surface area contributed by atoms with Gasteiger partial charge >= 0.3 is 0 Å². The van der Waals surface area contributed by atoms with Crippen LogP contribution in [0, 0.1) is 23.0 Å². The van der Waals surface area contributed by atoms with E-state index in [1.807, 2.05) is 13.8 Å². The van der Waals surface area contributed by atoms with E-state index in [4.69, 9.17) is 4.74 Å². The van der Waals surface area contributed by atoms with Crippen molar-refractivity contribution < 1.29 is 29.3 Å². The third kappa shape index (κ3) is 5.35. The molecule has 1 aromatic heterocycles. The predicted molar refractivity (Wildman–Crippen MR) is 133 cm³/mol. The molecule has 1 unspecified atom stereocenters. The molecular formula is C28H27N3O6. The lowest BCUT2D eigenvalue weighted by Crippen LogP contribution is -2.29. The van der Waals surface area contributed by atoms with Gasteiger partial charge in [-0.1, -0.05) is 25.7 Å². The second-order valence-corrected chi connectivity index (χ2v) is 9.35. The quantitative estimate of drug-likeness (QED) is 0.153. The van der Waals surface area contributed by atoms with Gasteiger partial charge in [0.1, 0.15) is 5.75 Å². The van der Waals surface area contributed by atoms with Gasteiger partial charge in [0.15, 0.2) is 12.4 Å². The highest BCUT2D eigenvalue weighted by atomic mass is 16.6. The van der Waals surface area contributed by atoms with Crippen LogP contribution in [0.4, 0.5) is 5.69 Å². The number of nitrogens with one attached hydrogen (secondary N) is 1. The van der Waals surface area contributed by atoms with Crippen LogP contribution in [0.5, 0.6) is 5.75 Å². The van der Waals surface area contributed by atoms with E-state index in [1.165, 1.54) is 29.2 Å². The number of aromatic amines is 1. The zero-order valence-electron chi connectivity index (χ0n) is 20.8. The molecule has 4 rings (SSSR count). The standard InChI is InChI=1S/C28H27N3O6/c1-17(2)16-37-22-10-11-23(18(3)13-22)26(32)24-25(20-6-8-21(9-7-20)31(35)36)30(28(34)27(24)33)15-19-5-4-12-29-14-19/h4-14,17,25,32H,15-16H2,1-3H3/b26-24+. The largest absolute Gasteiger partial charge is 0.872 e. The third-order valence-corrected chi connectivity index (χ3v) is 6.10. The molecule has 0 radical (unpaired) electrons. The fourth-order valence-corrected chi connectivity index (χ4v) is 4.27. The van der Waals surface area contributed by atoms with Gasteiger partial charge < -0.3 is 14.7 Å². The molecule has 1 fully saturated rings. The van der Waals surface area contributed by atoms with Crippen LogP contribution in [-0.2, 0) is 16.1 Å². The predicted octanol–water partition coefficient (Wildman–Crippen LogP) is 3.18. The number of likely N-dealkylation sites (tertiary alicyclic amines) is 1. The molecule has 9 heteroatoms. The Balaban J connectivity index is 1.81. The first-order chi connectivity index (χ1) is 17.7. The number of ketones is 1. The Morgan fingerprint density at radius 3 is 2.46 bits per heavy atom. The highest BCUT2D eigenvalue weighted by Crippen LogP contribution is 2.40. The van der Waals surface area contributed by atoms with E-state index in [0.717, 1.165) is 5.56 Å². The van der Waals surface area contributed by atoms with Crippen molar-refractivity contribution in [2.75, 3.05) is 6.61 Å². The molecule has 0 bridgehead atoms. The molecule has 190 valence electrons. The number of amides is 1. The minimum atomic E-state index is -0.996. The maximum Gasteiger partial charge on any atom is 0.295 e. The van der Waals surface area contributed by atoms with Gasteiger partial charge in [-0.3, -0.25) is 19.7 Å². The molecule has 0 aliphatic carbocycles. The summed E-state index contributed by atoms with van der Waals surface area (Å²) in [5.74, 6) is -1.31. The molecular weight excluding hydrogens is 474 g/mol. The lowest BCUT2D eigenvalue weighted by molar-refractivity contribution is -0.384. The third-order valence-electron chi connectivity index (χ3n) is 6.10. The Morgan fingerprint density at radius 2 is 1.86 bits per heavy atom. The van der Waals surface area contributed by atoms with Crippen LogP contribution in [0.15, 0.2) is 72.6 Å². The molecule has 2 aromatic carbocycles. The van der Waals surface area contributed by atoms with E-state index in [-0.39, 0.29) is 23.4 Å². The van der Waals surface area contributed by atoms with Gasteiger partial charge in [0.05, 0.1) is 24.1 Å². The van der Waals surface area contributed by atoms with E-state index in [1.54, 1.807) is 49.6 Å². The number of Topliss-reactive ketones (excluding diaryl/α,β-unsaturated/α-hetero) is 1. The normalized spacial score (nSPS) is 16.9. The van der Waals surface area contributed by atoms with E-state index in [2.05, 4.69) is 4.98 Å². The molecule has 9 nitrogen and oxygen atoms in total. The lowest BCUT2D eigenvalue weighted by atomic mass is 9.93. The van der Waals surface area contributed by atoms with Crippen molar-refractivity contribution in [1.82, 2.24) is 4.90 Å². The minimum Gasteiger partial charge on any atom is -0.872 e. The Kier molecular flexibility index (Phi) is 7.33. The van der Waals surface area contributed by atoms with E-state index in [0.29, 0.717) is 29.4 Å². The van der Waals surface area contributed by atoms with E-state index < -0.39 is 28.4 Å². The summed E-state index contributed by atoms with van der Waals surface area (Å²) in [6, 6.07) is 13.1. The van der Waals surface area contributed by atoms with Crippen molar-refractivity contribution in [3.05, 3.63) is 105 Å². The fourth-order valence-electron chi connectivity index (χ4n) is 4.27. The van der Waals surface area contributed by atoms with E-state index in [9.17, 15) is 24.8 Å². The van der Waals surface area contributed by atoms with Gasteiger partial charge in [-0.2, -0.15) is 0 Å². The minimum absolute atomic E-state index is 0.0707. The maximum absolute atomic E-state index is 13.8. The summed E-state index contributed by atoms with van der Waals surface area (Å²) in [6.45, 7) is 6.39. The van der Waals surface area contributed by atoms with Crippen molar-refractivity contribution in [2.45, 2.75) is 33.4 Å². The van der Waals surface area contributed by atoms with Crippen LogP contribution in [0.2, 0.25) is 0 Å². The summed E-state index contributed by atoms with van der Waals surface area (Å²) in [5, 5.41) is 24.9. The number of pyridine rings is 1. The monoisotopic (exact) mass is 501 g/mol. The number of carbonyl (C=O) groups excluding carboxylic acids is 2. The number of nitro benzene ring substituents is 1. The summed E-state index contributed by atoms with van der Waals surface area (Å²) in [5.41, 5.74) is 1.74. The first-order valence-corrected chi connectivity index (χ1v) is 11.9. The molecule has 1 N–H and O–H groups in total. The number of nitrogens with zero attached hydrogens (tertiary/aromatic N) is 2. The van der Waals surface area contributed by atoms with Gasteiger partial charge in [-0.25, -0.2) is 4.98 Å². The lowest BCUT2D eigenvalue weighted by Gasteiger charge is -2.27. The van der Waals surface area contributed by atoms with Crippen molar-refractivity contribution in [2.24, 2.45) is 5.92 Å². The fraction of sp³-hybridized carbons (Fsp3) is 0.250. The molecule has 37 heavy (non-hydrogen) atoms. The Hall–Kier alpha value is -4.53. The van der Waals surface area contributed by atoms with Gasteiger partial charge in [-0.05, 0) is 59.9 Å². The zero-order chi connectivity index (χ0) is 26.7. The molecule has 1 amide bonds. The van der Waals surface area contributed by atoms with Gasteiger partial charge in [0, 0.05) is 29.3 Å². The number of non-ortho nitro benzene ring substituents is 1. The first kappa shape index (κ1) is 25.6. The molecule has 0 spiro atoms. The number of rotatable bonds is 8. The van der Waals surface area contributed by atoms with E-state index >= 15 is 0 Å². The Morgan fingerprint density at radius 1 is 1.14 bits per heavy atom. The van der Waals surface area contributed by atoms with Crippen molar-refractivity contribution >= 4 is 23.1 Å². The maximum atomic E-state index is 13.8. The number of hydrogen-bond acceptors (Lipinski definition) is 6. The Labute approximate surface area is 214 Å². The molecule has 1 aliphatic heterocycles. The SMILES string of the molecule is Cc1cc(OCC(C)C)ccc1/C([O-])=C1\C(=O)C(=O)N(Cc2ccc[nH+]c2)C1c1ccc([N+](=O)[O-])cc1.